The van der Waals surface area contributed by atoms with Gasteiger partial charge < -0.3 is 14.8 Å². The second-order valence-corrected chi connectivity index (χ2v) is 10.8. The number of ether oxygens (including phenoxy) is 2. The maximum Gasteiger partial charge on any atom is 0.341 e. The van der Waals surface area contributed by atoms with Gasteiger partial charge >= 0.3 is 5.97 Å². The van der Waals surface area contributed by atoms with Crippen LogP contribution in [0.15, 0.2) is 28.5 Å². The molecule has 32 heavy (non-hydrogen) atoms. The largest absolute Gasteiger partial charge is 0.495 e. The number of thiophene rings is 1. The van der Waals surface area contributed by atoms with Crippen molar-refractivity contribution in [1.82, 2.24) is 4.31 Å². The van der Waals surface area contributed by atoms with Gasteiger partial charge in [-0.2, -0.15) is 4.31 Å². The highest BCUT2D eigenvalue weighted by Crippen LogP contribution is 2.33. The Balaban J connectivity index is 1.94. The molecular formula is C22H28N2O6S2. The Morgan fingerprint density at radius 1 is 1.19 bits per heavy atom. The molecule has 0 unspecified atom stereocenters. The van der Waals surface area contributed by atoms with Gasteiger partial charge in [-0.25, -0.2) is 13.2 Å². The summed E-state index contributed by atoms with van der Waals surface area (Å²) < 4.78 is 37.7. The fourth-order valence-corrected chi connectivity index (χ4v) is 6.32. The van der Waals surface area contributed by atoms with Gasteiger partial charge in [0, 0.05) is 18.7 Å². The Kier molecular flexibility index (Phi) is 7.58. The van der Waals surface area contributed by atoms with E-state index in [2.05, 4.69) is 5.32 Å². The van der Waals surface area contributed by atoms with Crippen LogP contribution in [0.4, 0.5) is 5.00 Å². The lowest BCUT2D eigenvalue weighted by Gasteiger charge is -2.18. The second-order valence-electron chi connectivity index (χ2n) is 7.99. The van der Waals surface area contributed by atoms with E-state index in [4.69, 9.17) is 9.47 Å². The van der Waals surface area contributed by atoms with Crippen LogP contribution in [-0.4, -0.2) is 51.9 Å². The highest BCUT2D eigenvalue weighted by molar-refractivity contribution is 7.89. The number of sulfonamides is 1. The lowest BCUT2D eigenvalue weighted by atomic mass is 10.0. The summed E-state index contributed by atoms with van der Waals surface area (Å²) in [6.07, 6.45) is 2.27. The van der Waals surface area contributed by atoms with Crippen LogP contribution in [0.25, 0.3) is 0 Å². The van der Waals surface area contributed by atoms with Gasteiger partial charge in [0.25, 0.3) is 5.91 Å². The summed E-state index contributed by atoms with van der Waals surface area (Å²) in [5.41, 5.74) is 1.29. The zero-order valence-electron chi connectivity index (χ0n) is 18.6. The molecule has 0 bridgehead atoms. The zero-order chi connectivity index (χ0) is 23.5. The molecule has 1 aliphatic heterocycles. The molecule has 0 saturated carbocycles. The Morgan fingerprint density at radius 3 is 2.47 bits per heavy atom. The van der Waals surface area contributed by atoms with E-state index in [1.165, 1.54) is 48.1 Å². The number of carbonyl (C=O) groups excluding carboxylic acids is 2. The van der Waals surface area contributed by atoms with Crippen LogP contribution in [0.3, 0.4) is 0 Å². The van der Waals surface area contributed by atoms with E-state index < -0.39 is 21.9 Å². The van der Waals surface area contributed by atoms with E-state index >= 15 is 0 Å². The minimum Gasteiger partial charge on any atom is -0.495 e. The van der Waals surface area contributed by atoms with Crippen molar-refractivity contribution in [3.8, 4) is 5.75 Å². The molecule has 1 N–H and O–H groups in total. The smallest absolute Gasteiger partial charge is 0.341 e. The molecule has 2 aromatic rings. The van der Waals surface area contributed by atoms with E-state index in [0.29, 0.717) is 36.0 Å². The third-order valence-corrected chi connectivity index (χ3v) is 8.08. The normalized spacial score (nSPS) is 14.5. The lowest BCUT2D eigenvalue weighted by molar-refractivity contribution is 0.0601. The number of esters is 1. The van der Waals surface area contributed by atoms with E-state index in [-0.39, 0.29) is 16.2 Å². The van der Waals surface area contributed by atoms with Gasteiger partial charge in [0.15, 0.2) is 0 Å². The summed E-state index contributed by atoms with van der Waals surface area (Å²) in [4.78, 5) is 25.3. The van der Waals surface area contributed by atoms with Gasteiger partial charge in [-0.15, -0.1) is 11.3 Å². The Hall–Kier alpha value is -2.43. The van der Waals surface area contributed by atoms with Crippen molar-refractivity contribution in [3.05, 3.63) is 40.3 Å². The maximum atomic E-state index is 13.1. The minimum atomic E-state index is -3.79. The Labute approximate surface area is 192 Å². The van der Waals surface area contributed by atoms with Crippen molar-refractivity contribution >= 4 is 38.2 Å². The summed E-state index contributed by atoms with van der Waals surface area (Å²) in [5, 5.41) is 4.96. The summed E-state index contributed by atoms with van der Waals surface area (Å²) in [6, 6.07) is 4.29. The highest BCUT2D eigenvalue weighted by atomic mass is 32.2. The van der Waals surface area contributed by atoms with Crippen LogP contribution in [0, 0.1) is 5.92 Å². The van der Waals surface area contributed by atoms with Gasteiger partial charge in [0.2, 0.25) is 10.0 Å². The van der Waals surface area contributed by atoms with Crippen LogP contribution in [-0.2, 0) is 21.2 Å². The molecule has 0 atom stereocenters. The van der Waals surface area contributed by atoms with Gasteiger partial charge in [-0.1, -0.05) is 13.8 Å². The molecule has 1 aliphatic rings. The molecule has 1 amide bonds. The Morgan fingerprint density at radius 2 is 1.88 bits per heavy atom. The predicted octanol–water partition coefficient (Wildman–Crippen LogP) is 3.78. The van der Waals surface area contributed by atoms with Crippen molar-refractivity contribution in [1.29, 1.82) is 0 Å². The topological polar surface area (TPSA) is 102 Å². The highest BCUT2D eigenvalue weighted by Gasteiger charge is 2.31. The van der Waals surface area contributed by atoms with Crippen molar-refractivity contribution in [2.24, 2.45) is 5.92 Å². The standard InChI is InChI=1S/C22H28N2O6S2/c1-14(2)11-16-13-31-21(19(16)22(26)30-4)23-20(25)15-7-8-17(29-3)18(12-15)32(27,28)24-9-5-6-10-24/h7-8,12-14H,5-6,9-11H2,1-4H3,(H,23,25). The van der Waals surface area contributed by atoms with Gasteiger partial charge in [0.1, 0.15) is 15.6 Å². The van der Waals surface area contributed by atoms with Crippen LogP contribution in [0.2, 0.25) is 0 Å². The first kappa shape index (κ1) is 24.2. The number of hydrogen-bond donors (Lipinski definition) is 1. The maximum absolute atomic E-state index is 13.1. The first-order valence-electron chi connectivity index (χ1n) is 10.4. The van der Waals surface area contributed by atoms with Gasteiger partial charge in [-0.05, 0) is 54.3 Å². The molecule has 8 nitrogen and oxygen atoms in total. The number of nitrogens with one attached hydrogen (secondary N) is 1. The van der Waals surface area contributed by atoms with Crippen molar-refractivity contribution < 1.29 is 27.5 Å². The minimum absolute atomic E-state index is 0.0468. The van der Waals surface area contributed by atoms with E-state index in [9.17, 15) is 18.0 Å². The average molecular weight is 481 g/mol. The average Bonchev–Trinajstić information content (AvgIpc) is 3.43. The molecule has 0 radical (unpaired) electrons. The van der Waals surface area contributed by atoms with Crippen molar-refractivity contribution in [3.63, 3.8) is 0 Å². The number of nitrogens with zero attached hydrogens (tertiary/aromatic N) is 1. The van der Waals surface area contributed by atoms with E-state index in [1.54, 1.807) is 0 Å². The summed E-state index contributed by atoms with van der Waals surface area (Å²) >= 11 is 1.24. The Bertz CT molecular complexity index is 1100. The molecule has 1 saturated heterocycles. The number of benzene rings is 1. The van der Waals surface area contributed by atoms with Crippen molar-refractivity contribution in [2.75, 3.05) is 32.6 Å². The van der Waals surface area contributed by atoms with Crippen LogP contribution in [0.5, 0.6) is 5.75 Å². The molecule has 10 heteroatoms. The molecule has 0 aliphatic carbocycles. The fourth-order valence-electron chi connectivity index (χ4n) is 3.66. The summed E-state index contributed by atoms with van der Waals surface area (Å²) in [6.45, 7) is 4.96. The number of rotatable bonds is 8. The zero-order valence-corrected chi connectivity index (χ0v) is 20.3. The number of amides is 1. The molecule has 2 heterocycles. The van der Waals surface area contributed by atoms with Crippen molar-refractivity contribution in [2.45, 2.75) is 38.0 Å². The number of anilines is 1. The van der Waals surface area contributed by atoms with Gasteiger partial charge in [-0.3, -0.25) is 4.79 Å². The monoisotopic (exact) mass is 480 g/mol. The molecule has 1 fully saturated rings. The summed E-state index contributed by atoms with van der Waals surface area (Å²) in [5.74, 6) is -0.548. The second kappa shape index (κ2) is 10.0. The number of carbonyl (C=O) groups is 2. The number of methoxy groups -OCH3 is 2. The van der Waals surface area contributed by atoms with Crippen LogP contribution < -0.4 is 10.1 Å². The van der Waals surface area contributed by atoms with E-state index in [0.717, 1.165) is 18.4 Å². The molecule has 1 aromatic carbocycles. The fraction of sp³-hybridized carbons (Fsp3) is 0.455. The SMILES string of the molecule is COC(=O)c1c(CC(C)C)csc1NC(=O)c1ccc(OC)c(S(=O)(=O)N2CCCC2)c1. The third-order valence-electron chi connectivity index (χ3n) is 5.22. The van der Waals surface area contributed by atoms with Crippen LogP contribution in [0.1, 0.15) is 53.0 Å². The predicted molar refractivity (Wildman–Crippen MR) is 123 cm³/mol. The lowest BCUT2D eigenvalue weighted by Crippen LogP contribution is -2.28. The third kappa shape index (κ3) is 4.97. The quantitative estimate of drug-likeness (QED) is 0.577. The molecule has 1 aromatic heterocycles. The molecule has 3 rings (SSSR count). The first-order valence-corrected chi connectivity index (χ1v) is 12.7. The molecular weight excluding hydrogens is 452 g/mol. The van der Waals surface area contributed by atoms with Crippen LogP contribution >= 0.6 is 11.3 Å². The summed E-state index contributed by atoms with van der Waals surface area (Å²) in [7, 11) is -1.10. The molecule has 0 spiro atoms. The number of hydrogen-bond acceptors (Lipinski definition) is 7. The first-order chi connectivity index (χ1) is 15.2. The molecule has 174 valence electrons. The van der Waals surface area contributed by atoms with E-state index in [1.807, 2.05) is 19.2 Å². The van der Waals surface area contributed by atoms with Gasteiger partial charge in [0.05, 0.1) is 19.8 Å².